The highest BCUT2D eigenvalue weighted by Gasteiger charge is 2.21. The number of hydrogen-bond acceptors (Lipinski definition) is 4. The Hall–Kier alpha value is -1.88. The molecular weight excluding hydrogens is 262 g/mol. The van der Waals surface area contributed by atoms with E-state index in [-0.39, 0.29) is 6.04 Å². The van der Waals surface area contributed by atoms with E-state index in [2.05, 4.69) is 53.1 Å². The lowest BCUT2D eigenvalue weighted by Gasteiger charge is -2.25. The fraction of sp³-hybridized carbons (Fsp3) is 0.500. The maximum absolute atomic E-state index is 6.30. The summed E-state index contributed by atoms with van der Waals surface area (Å²) in [6.45, 7) is 6.05. The van der Waals surface area contributed by atoms with Crippen molar-refractivity contribution in [3.05, 3.63) is 42.0 Å². The Balaban J connectivity index is 1.91. The maximum atomic E-state index is 6.30. The van der Waals surface area contributed by atoms with Crippen molar-refractivity contribution >= 4 is 5.69 Å². The molecule has 2 N–H and O–H groups in total. The van der Waals surface area contributed by atoms with Crippen LogP contribution in [0.1, 0.15) is 50.2 Å². The third-order valence-corrected chi connectivity index (χ3v) is 4.09. The molecule has 21 heavy (non-hydrogen) atoms. The van der Waals surface area contributed by atoms with E-state index < -0.39 is 0 Å². The molecule has 112 valence electrons. The van der Waals surface area contributed by atoms with Crippen molar-refractivity contribution in [2.24, 2.45) is 5.73 Å². The van der Waals surface area contributed by atoms with Gasteiger partial charge >= 0.3 is 0 Å². The number of nitrogens with two attached hydrogens (primary N) is 1. The summed E-state index contributed by atoms with van der Waals surface area (Å²) in [5, 5.41) is 4.33. The van der Waals surface area contributed by atoms with Crippen LogP contribution in [-0.2, 0) is 6.54 Å². The largest absolute Gasteiger partial charge is 0.364 e. The monoisotopic (exact) mass is 285 g/mol. The topological polar surface area (TPSA) is 60.0 Å². The molecule has 0 spiro atoms. The third-order valence-electron chi connectivity index (χ3n) is 4.09. The maximum Gasteiger partial charge on any atom is 0.146 e. The molecule has 1 aliphatic heterocycles. The van der Waals surface area contributed by atoms with Gasteiger partial charge in [-0.15, -0.1) is 0 Å². The number of fused-ring (bicyclic) bond motifs is 1. The highest BCUT2D eigenvalue weighted by Crippen LogP contribution is 2.32. The van der Waals surface area contributed by atoms with Crippen LogP contribution in [0.2, 0.25) is 0 Å². The molecule has 0 bridgehead atoms. The van der Waals surface area contributed by atoms with Crippen LogP contribution in [0.15, 0.2) is 30.6 Å². The van der Waals surface area contributed by atoms with Crippen LogP contribution in [0.5, 0.6) is 0 Å². The predicted octanol–water partition coefficient (Wildman–Crippen LogP) is 2.66. The Bertz CT molecular complexity index is 604. The van der Waals surface area contributed by atoms with Gasteiger partial charge in [-0.3, -0.25) is 0 Å². The number of hydrogen-bond donors (Lipinski definition) is 1. The minimum absolute atomic E-state index is 0.133. The number of aromatic nitrogens is 3. The average molecular weight is 285 g/mol. The molecule has 1 atom stereocenters. The summed E-state index contributed by atoms with van der Waals surface area (Å²) in [5.74, 6) is 1.01. The molecular formula is C16H23N5. The van der Waals surface area contributed by atoms with Gasteiger partial charge in [-0.2, -0.15) is 5.10 Å². The van der Waals surface area contributed by atoms with E-state index in [1.165, 1.54) is 11.3 Å². The number of nitrogens with zero attached hydrogens (tertiary/aromatic N) is 4. The standard InChI is InChI=1S/C16H23N5/c1-12(2)21-16(18-11-19-21)10-20-9-5-7-14(17)13-6-3-4-8-15(13)20/h3-4,6,8,11-12,14H,5,7,9-10,17H2,1-2H3. The molecule has 0 amide bonds. The Morgan fingerprint density at radius 3 is 2.95 bits per heavy atom. The van der Waals surface area contributed by atoms with Crippen molar-refractivity contribution in [1.82, 2.24) is 14.8 Å². The van der Waals surface area contributed by atoms with E-state index in [0.29, 0.717) is 6.04 Å². The van der Waals surface area contributed by atoms with Gasteiger partial charge in [-0.1, -0.05) is 18.2 Å². The van der Waals surface area contributed by atoms with Crippen molar-refractivity contribution < 1.29 is 0 Å². The normalized spacial score (nSPS) is 18.7. The predicted molar refractivity (Wildman–Crippen MR) is 84.1 cm³/mol. The van der Waals surface area contributed by atoms with Crippen molar-refractivity contribution in [3.63, 3.8) is 0 Å². The van der Waals surface area contributed by atoms with Crippen molar-refractivity contribution in [3.8, 4) is 0 Å². The molecule has 3 rings (SSSR count). The van der Waals surface area contributed by atoms with Crippen LogP contribution in [0.3, 0.4) is 0 Å². The zero-order chi connectivity index (χ0) is 14.8. The molecule has 1 aromatic carbocycles. The van der Waals surface area contributed by atoms with Crippen LogP contribution in [-0.4, -0.2) is 21.3 Å². The number of rotatable bonds is 3. The molecule has 0 saturated carbocycles. The zero-order valence-electron chi connectivity index (χ0n) is 12.7. The second-order valence-corrected chi connectivity index (χ2v) is 5.94. The summed E-state index contributed by atoms with van der Waals surface area (Å²) in [5.41, 5.74) is 8.78. The molecule has 5 heteroatoms. The number of benzene rings is 1. The fourth-order valence-corrected chi connectivity index (χ4v) is 3.02. The Labute approximate surface area is 125 Å². The lowest BCUT2D eigenvalue weighted by molar-refractivity contribution is 0.500. The Morgan fingerprint density at radius 1 is 1.33 bits per heavy atom. The molecule has 1 aliphatic rings. The second kappa shape index (κ2) is 5.85. The van der Waals surface area contributed by atoms with Gasteiger partial charge < -0.3 is 10.6 Å². The minimum atomic E-state index is 0.133. The first-order valence-corrected chi connectivity index (χ1v) is 7.64. The van der Waals surface area contributed by atoms with E-state index in [4.69, 9.17) is 5.73 Å². The second-order valence-electron chi connectivity index (χ2n) is 5.94. The summed E-state index contributed by atoms with van der Waals surface area (Å²) in [7, 11) is 0. The van der Waals surface area contributed by atoms with Crippen molar-refractivity contribution in [2.75, 3.05) is 11.4 Å². The Morgan fingerprint density at radius 2 is 2.14 bits per heavy atom. The first kappa shape index (κ1) is 14.1. The lowest BCUT2D eigenvalue weighted by atomic mass is 10.0. The molecule has 1 aromatic heterocycles. The van der Waals surface area contributed by atoms with Gasteiger partial charge in [0.15, 0.2) is 0 Å². The first-order chi connectivity index (χ1) is 10.2. The highest BCUT2D eigenvalue weighted by molar-refractivity contribution is 5.55. The molecule has 0 saturated heterocycles. The molecule has 2 heterocycles. The summed E-state index contributed by atoms with van der Waals surface area (Å²) >= 11 is 0. The van der Waals surface area contributed by atoms with Crippen LogP contribution >= 0.6 is 0 Å². The third kappa shape index (κ3) is 2.78. The van der Waals surface area contributed by atoms with Crippen LogP contribution < -0.4 is 10.6 Å². The fourth-order valence-electron chi connectivity index (χ4n) is 3.02. The van der Waals surface area contributed by atoms with E-state index in [1.54, 1.807) is 6.33 Å². The summed E-state index contributed by atoms with van der Waals surface area (Å²) in [6, 6.07) is 8.92. The van der Waals surface area contributed by atoms with Crippen LogP contribution in [0.4, 0.5) is 5.69 Å². The van der Waals surface area contributed by atoms with E-state index in [1.807, 2.05) is 4.68 Å². The molecule has 2 aromatic rings. The summed E-state index contributed by atoms with van der Waals surface area (Å²) in [4.78, 5) is 6.81. The van der Waals surface area contributed by atoms with Gasteiger partial charge in [0.25, 0.3) is 0 Å². The van der Waals surface area contributed by atoms with Gasteiger partial charge in [0.1, 0.15) is 12.2 Å². The smallest absolute Gasteiger partial charge is 0.146 e. The highest BCUT2D eigenvalue weighted by atomic mass is 15.4. The van der Waals surface area contributed by atoms with Gasteiger partial charge in [-0.05, 0) is 38.3 Å². The Kier molecular flexibility index (Phi) is 3.92. The minimum Gasteiger partial charge on any atom is -0.364 e. The van der Waals surface area contributed by atoms with Gasteiger partial charge in [-0.25, -0.2) is 9.67 Å². The number of para-hydroxylation sites is 1. The molecule has 5 nitrogen and oxygen atoms in total. The summed E-state index contributed by atoms with van der Waals surface area (Å²) in [6.07, 6.45) is 3.78. The number of anilines is 1. The van der Waals surface area contributed by atoms with E-state index in [0.717, 1.165) is 31.8 Å². The van der Waals surface area contributed by atoms with Crippen LogP contribution in [0, 0.1) is 0 Å². The van der Waals surface area contributed by atoms with Crippen LogP contribution in [0.25, 0.3) is 0 Å². The molecule has 0 radical (unpaired) electrons. The summed E-state index contributed by atoms with van der Waals surface area (Å²) < 4.78 is 1.99. The van der Waals surface area contributed by atoms with E-state index >= 15 is 0 Å². The van der Waals surface area contributed by atoms with Crippen molar-refractivity contribution in [2.45, 2.75) is 45.3 Å². The zero-order valence-corrected chi connectivity index (χ0v) is 12.7. The van der Waals surface area contributed by atoms with Crippen molar-refractivity contribution in [1.29, 1.82) is 0 Å². The molecule has 0 aliphatic carbocycles. The quantitative estimate of drug-likeness (QED) is 0.942. The lowest BCUT2D eigenvalue weighted by Crippen LogP contribution is -2.26. The molecule has 0 fully saturated rings. The van der Waals surface area contributed by atoms with Gasteiger partial charge in [0.2, 0.25) is 0 Å². The first-order valence-electron chi connectivity index (χ1n) is 7.64. The van der Waals surface area contributed by atoms with Gasteiger partial charge in [0.05, 0.1) is 6.54 Å². The average Bonchev–Trinajstić information content (AvgIpc) is 2.88. The molecule has 1 unspecified atom stereocenters. The van der Waals surface area contributed by atoms with E-state index in [9.17, 15) is 0 Å². The van der Waals surface area contributed by atoms with Gasteiger partial charge in [0, 0.05) is 24.3 Å². The SMILES string of the molecule is CC(C)n1ncnc1CN1CCCC(N)c2ccccc21.